The number of carbonyl (C=O) groups is 1. The van der Waals surface area contributed by atoms with Crippen LogP contribution in [-0.4, -0.2) is 26.9 Å². The number of nitrogens with one attached hydrogen (secondary N) is 2. The molecule has 0 heterocycles. The Labute approximate surface area is 161 Å². The fourth-order valence-corrected chi connectivity index (χ4v) is 4.82. The van der Waals surface area contributed by atoms with E-state index in [1.807, 2.05) is 49.4 Å². The molecule has 5 nitrogen and oxygen atoms in total. The highest BCUT2D eigenvalue weighted by molar-refractivity contribution is 7.89. The topological polar surface area (TPSA) is 75.3 Å². The first-order chi connectivity index (χ1) is 12.7. The lowest BCUT2D eigenvalue weighted by molar-refractivity contribution is -0.122. The number of aryl methyl sites for hydroxylation is 3. The van der Waals surface area contributed by atoms with Crippen molar-refractivity contribution in [2.24, 2.45) is 0 Å². The molecule has 0 aliphatic heterocycles. The average Bonchev–Trinajstić information content (AvgIpc) is 2.58. The largest absolute Gasteiger partial charge is 0.351 e. The lowest BCUT2D eigenvalue weighted by atomic mass is 10.1. The van der Waals surface area contributed by atoms with Crippen LogP contribution in [0.25, 0.3) is 0 Å². The predicted molar refractivity (Wildman–Crippen MR) is 108 cm³/mol. The zero-order valence-electron chi connectivity index (χ0n) is 16.0. The Morgan fingerprint density at radius 1 is 1.11 bits per heavy atom. The van der Waals surface area contributed by atoms with Crippen LogP contribution in [0.2, 0.25) is 0 Å². The molecule has 2 aromatic carbocycles. The molecule has 0 aromatic heterocycles. The van der Waals surface area contributed by atoms with Crippen LogP contribution in [-0.2, 0) is 21.2 Å². The Kier molecular flexibility index (Phi) is 6.93. The molecule has 2 aromatic rings. The van der Waals surface area contributed by atoms with Crippen molar-refractivity contribution in [1.82, 2.24) is 10.0 Å². The van der Waals surface area contributed by atoms with E-state index >= 15 is 0 Å². The maximum Gasteiger partial charge on any atom is 0.241 e. The summed E-state index contributed by atoms with van der Waals surface area (Å²) in [4.78, 5) is 12.8. The molecule has 0 saturated carbocycles. The van der Waals surface area contributed by atoms with Crippen molar-refractivity contribution >= 4 is 15.9 Å². The molecule has 0 saturated heterocycles. The highest BCUT2D eigenvalue weighted by atomic mass is 32.2. The lowest BCUT2D eigenvalue weighted by Gasteiger charge is -2.20. The van der Waals surface area contributed by atoms with Crippen LogP contribution in [0.3, 0.4) is 0 Å². The van der Waals surface area contributed by atoms with E-state index in [9.17, 15) is 13.2 Å². The summed E-state index contributed by atoms with van der Waals surface area (Å²) < 4.78 is 28.7. The van der Waals surface area contributed by atoms with Gasteiger partial charge in [0, 0.05) is 6.54 Å². The first kappa shape index (κ1) is 20.9. The van der Waals surface area contributed by atoms with Gasteiger partial charge in [-0.2, -0.15) is 4.72 Å². The molecule has 6 heteroatoms. The minimum Gasteiger partial charge on any atom is -0.351 e. The lowest BCUT2D eigenvalue weighted by Crippen LogP contribution is -2.48. The van der Waals surface area contributed by atoms with Gasteiger partial charge in [-0.25, -0.2) is 8.42 Å². The standard InChI is InChI=1S/C21H26N2O3S/c1-5-11-22-21(24)19(14-18-9-7-6-8-10-18)23-27(25,26)20-16(3)12-15(2)13-17(20)4/h5-10,12-13,19,23H,1,11,14H2,2-4H3,(H,22,24)/t19-/m1/s1. The normalized spacial score (nSPS) is 12.4. The number of sulfonamides is 1. The third-order valence-electron chi connectivity index (χ3n) is 4.19. The molecule has 1 atom stereocenters. The van der Waals surface area contributed by atoms with Crippen LogP contribution in [0.4, 0.5) is 0 Å². The second-order valence-corrected chi connectivity index (χ2v) is 8.28. The number of hydrogen-bond donors (Lipinski definition) is 2. The van der Waals surface area contributed by atoms with Crippen molar-refractivity contribution in [3.8, 4) is 0 Å². The van der Waals surface area contributed by atoms with Crippen LogP contribution in [0.15, 0.2) is 60.0 Å². The Morgan fingerprint density at radius 3 is 2.26 bits per heavy atom. The number of carbonyl (C=O) groups excluding carboxylic acids is 1. The summed E-state index contributed by atoms with van der Waals surface area (Å²) in [5.41, 5.74) is 3.18. The fraction of sp³-hybridized carbons (Fsp3) is 0.286. The molecule has 0 aliphatic carbocycles. The number of rotatable bonds is 8. The Bertz CT molecular complexity index is 899. The predicted octanol–water partition coefficient (Wildman–Crippen LogP) is 2.80. The van der Waals surface area contributed by atoms with Gasteiger partial charge in [-0.15, -0.1) is 6.58 Å². The van der Waals surface area contributed by atoms with E-state index in [0.29, 0.717) is 11.1 Å². The molecule has 27 heavy (non-hydrogen) atoms. The molecule has 2 N–H and O–H groups in total. The van der Waals surface area contributed by atoms with Crippen molar-refractivity contribution in [3.63, 3.8) is 0 Å². The second kappa shape index (κ2) is 8.97. The van der Waals surface area contributed by atoms with Gasteiger partial charge in [0.25, 0.3) is 0 Å². The zero-order chi connectivity index (χ0) is 20.0. The van der Waals surface area contributed by atoms with Gasteiger partial charge in [-0.1, -0.05) is 54.1 Å². The van der Waals surface area contributed by atoms with Gasteiger partial charge in [0.2, 0.25) is 15.9 Å². The summed E-state index contributed by atoms with van der Waals surface area (Å²) in [5.74, 6) is -0.384. The van der Waals surface area contributed by atoms with E-state index in [0.717, 1.165) is 11.1 Å². The summed E-state index contributed by atoms with van der Waals surface area (Å²) in [7, 11) is -3.86. The zero-order valence-corrected chi connectivity index (χ0v) is 16.8. The van der Waals surface area contributed by atoms with Gasteiger partial charge in [0.15, 0.2) is 0 Å². The molecule has 0 radical (unpaired) electrons. The maximum absolute atomic E-state index is 13.1. The van der Waals surface area contributed by atoms with Gasteiger partial charge in [-0.3, -0.25) is 4.79 Å². The number of benzene rings is 2. The van der Waals surface area contributed by atoms with E-state index in [-0.39, 0.29) is 23.8 Å². The number of hydrogen-bond acceptors (Lipinski definition) is 3. The molecule has 2 rings (SSSR count). The maximum atomic E-state index is 13.1. The summed E-state index contributed by atoms with van der Waals surface area (Å²) >= 11 is 0. The summed E-state index contributed by atoms with van der Waals surface area (Å²) in [6.45, 7) is 9.29. The van der Waals surface area contributed by atoms with Crippen molar-refractivity contribution in [2.75, 3.05) is 6.54 Å². The van der Waals surface area contributed by atoms with Gasteiger partial charge in [-0.05, 0) is 43.9 Å². The first-order valence-corrected chi connectivity index (χ1v) is 10.3. The molecular formula is C21H26N2O3S. The van der Waals surface area contributed by atoms with E-state index < -0.39 is 16.1 Å². The Balaban J connectivity index is 2.35. The average molecular weight is 387 g/mol. The monoisotopic (exact) mass is 386 g/mol. The summed E-state index contributed by atoms with van der Waals surface area (Å²) in [5, 5.41) is 2.68. The number of amides is 1. The SMILES string of the molecule is C=CCNC(=O)[C@@H](Cc1ccccc1)NS(=O)(=O)c1c(C)cc(C)cc1C. The van der Waals surface area contributed by atoms with Crippen LogP contribution in [0.1, 0.15) is 22.3 Å². The third-order valence-corrected chi connectivity index (χ3v) is 5.97. The van der Waals surface area contributed by atoms with E-state index in [2.05, 4.69) is 16.6 Å². The van der Waals surface area contributed by atoms with Crippen LogP contribution >= 0.6 is 0 Å². The van der Waals surface area contributed by atoms with Crippen LogP contribution < -0.4 is 10.0 Å². The van der Waals surface area contributed by atoms with Gasteiger partial charge >= 0.3 is 0 Å². The molecule has 0 bridgehead atoms. The Morgan fingerprint density at radius 2 is 1.70 bits per heavy atom. The minimum absolute atomic E-state index is 0.225. The van der Waals surface area contributed by atoms with E-state index in [1.165, 1.54) is 0 Å². The van der Waals surface area contributed by atoms with Crippen molar-refractivity contribution in [2.45, 2.75) is 38.1 Å². The van der Waals surface area contributed by atoms with E-state index in [1.54, 1.807) is 19.9 Å². The highest BCUT2D eigenvalue weighted by Gasteiger charge is 2.28. The van der Waals surface area contributed by atoms with Crippen LogP contribution in [0, 0.1) is 20.8 Å². The van der Waals surface area contributed by atoms with Crippen LogP contribution in [0.5, 0.6) is 0 Å². The van der Waals surface area contributed by atoms with Gasteiger partial charge in [0.1, 0.15) is 6.04 Å². The highest BCUT2D eigenvalue weighted by Crippen LogP contribution is 2.22. The van der Waals surface area contributed by atoms with Crippen molar-refractivity contribution < 1.29 is 13.2 Å². The minimum atomic E-state index is -3.86. The van der Waals surface area contributed by atoms with Gasteiger partial charge < -0.3 is 5.32 Å². The summed E-state index contributed by atoms with van der Waals surface area (Å²) in [6, 6.07) is 12.1. The first-order valence-electron chi connectivity index (χ1n) is 8.77. The molecule has 1 amide bonds. The Hall–Kier alpha value is -2.44. The van der Waals surface area contributed by atoms with E-state index in [4.69, 9.17) is 0 Å². The molecular weight excluding hydrogens is 360 g/mol. The molecule has 0 spiro atoms. The molecule has 0 fully saturated rings. The fourth-order valence-electron chi connectivity index (χ4n) is 3.17. The van der Waals surface area contributed by atoms with Crippen molar-refractivity contribution in [3.05, 3.63) is 77.4 Å². The quantitative estimate of drug-likeness (QED) is 0.685. The molecule has 0 unspecified atom stereocenters. The molecule has 0 aliphatic rings. The summed E-state index contributed by atoms with van der Waals surface area (Å²) in [6.07, 6.45) is 1.81. The smallest absolute Gasteiger partial charge is 0.241 e. The van der Waals surface area contributed by atoms with Gasteiger partial charge in [0.05, 0.1) is 4.90 Å². The second-order valence-electron chi connectivity index (χ2n) is 6.63. The molecule has 144 valence electrons. The van der Waals surface area contributed by atoms with Crippen molar-refractivity contribution in [1.29, 1.82) is 0 Å². The third kappa shape index (κ3) is 5.52.